The van der Waals surface area contributed by atoms with Gasteiger partial charge < -0.3 is 5.32 Å². The Kier molecular flexibility index (Phi) is 4.96. The van der Waals surface area contributed by atoms with Gasteiger partial charge in [-0.15, -0.1) is 0 Å². The predicted octanol–water partition coefficient (Wildman–Crippen LogP) is 3.02. The number of nitrogens with one attached hydrogen (secondary N) is 1. The number of likely N-dealkylation sites (N-methyl/N-ethyl adjacent to an activating group) is 1. The fourth-order valence-corrected chi connectivity index (χ4v) is 4.48. The maximum Gasteiger partial charge on any atom is 0.0596 e. The molecule has 3 nitrogen and oxygen atoms in total. The molecule has 1 saturated heterocycles. The largest absolute Gasteiger partial charge is 0.312 e. The number of nitrogens with zero attached hydrogens (tertiary/aromatic N) is 2. The quantitative estimate of drug-likeness (QED) is 0.869. The van der Waals surface area contributed by atoms with Crippen molar-refractivity contribution in [3.05, 3.63) is 17.5 Å². The molecule has 1 aromatic heterocycles. The molecular weight excluding hydrogens is 254 g/mol. The van der Waals surface area contributed by atoms with E-state index < -0.39 is 0 Å². The normalized spacial score (nSPS) is 24.8. The smallest absolute Gasteiger partial charge is 0.0596 e. The topological polar surface area (TPSA) is 29.9 Å². The number of thioether (sulfide) groups is 1. The molecule has 4 heteroatoms. The number of rotatable bonds is 6. The lowest BCUT2D eigenvalue weighted by atomic mass is 9.92. The van der Waals surface area contributed by atoms with E-state index in [1.54, 1.807) is 0 Å². The van der Waals surface area contributed by atoms with Crippen LogP contribution < -0.4 is 5.32 Å². The Bertz CT molecular complexity index is 408. The molecule has 0 aliphatic carbocycles. The van der Waals surface area contributed by atoms with Crippen molar-refractivity contribution in [3.63, 3.8) is 0 Å². The lowest BCUT2D eigenvalue weighted by Crippen LogP contribution is -2.47. The first-order chi connectivity index (χ1) is 9.09. The van der Waals surface area contributed by atoms with Crippen LogP contribution in [0.1, 0.15) is 45.0 Å². The highest BCUT2D eigenvalue weighted by Crippen LogP contribution is 2.41. The van der Waals surface area contributed by atoms with E-state index in [2.05, 4.69) is 60.6 Å². The van der Waals surface area contributed by atoms with Crippen LogP contribution in [0.4, 0.5) is 0 Å². The summed E-state index contributed by atoms with van der Waals surface area (Å²) in [5.41, 5.74) is 2.51. The highest BCUT2D eigenvalue weighted by Gasteiger charge is 2.37. The van der Waals surface area contributed by atoms with Crippen LogP contribution in [-0.2, 0) is 13.0 Å². The maximum atomic E-state index is 4.57. The van der Waals surface area contributed by atoms with E-state index in [0.29, 0.717) is 10.8 Å². The van der Waals surface area contributed by atoms with Crippen molar-refractivity contribution < 1.29 is 0 Å². The van der Waals surface area contributed by atoms with E-state index in [1.807, 2.05) is 0 Å². The minimum atomic E-state index is 0.382. The van der Waals surface area contributed by atoms with E-state index in [9.17, 15) is 0 Å². The van der Waals surface area contributed by atoms with Crippen LogP contribution >= 0.6 is 11.8 Å². The molecule has 0 amide bonds. The Morgan fingerprint density at radius 1 is 1.53 bits per heavy atom. The van der Waals surface area contributed by atoms with Gasteiger partial charge in [-0.3, -0.25) is 4.68 Å². The lowest BCUT2D eigenvalue weighted by Gasteiger charge is -2.34. The van der Waals surface area contributed by atoms with Crippen LogP contribution in [0.15, 0.2) is 6.07 Å². The molecule has 2 atom stereocenters. The Morgan fingerprint density at radius 2 is 2.32 bits per heavy atom. The van der Waals surface area contributed by atoms with Crippen molar-refractivity contribution in [2.45, 2.75) is 64.3 Å². The molecule has 0 aromatic carbocycles. The molecule has 0 spiro atoms. The van der Waals surface area contributed by atoms with Crippen molar-refractivity contribution in [2.75, 3.05) is 12.3 Å². The molecule has 0 radical (unpaired) electrons. The third kappa shape index (κ3) is 3.34. The summed E-state index contributed by atoms with van der Waals surface area (Å²) in [4.78, 5) is 0. The van der Waals surface area contributed by atoms with Crippen molar-refractivity contribution in [1.29, 1.82) is 0 Å². The molecule has 0 bridgehead atoms. The van der Waals surface area contributed by atoms with Gasteiger partial charge >= 0.3 is 0 Å². The fourth-order valence-electron chi connectivity index (χ4n) is 3.07. The van der Waals surface area contributed by atoms with Gasteiger partial charge in [-0.05, 0) is 52.0 Å². The summed E-state index contributed by atoms with van der Waals surface area (Å²) in [6, 6.07) is 2.79. The predicted molar refractivity (Wildman–Crippen MR) is 83.9 cm³/mol. The Hall–Kier alpha value is -0.480. The molecular formula is C15H27N3S. The van der Waals surface area contributed by atoms with E-state index in [1.165, 1.54) is 24.3 Å². The second-order valence-corrected chi connectivity index (χ2v) is 7.30. The Balaban J connectivity index is 2.15. The van der Waals surface area contributed by atoms with E-state index >= 15 is 0 Å². The van der Waals surface area contributed by atoms with Crippen LogP contribution in [0, 0.1) is 6.92 Å². The summed E-state index contributed by atoms with van der Waals surface area (Å²) in [6.07, 6.45) is 3.77. The van der Waals surface area contributed by atoms with Gasteiger partial charge in [0.15, 0.2) is 0 Å². The molecule has 19 heavy (non-hydrogen) atoms. The van der Waals surface area contributed by atoms with Crippen LogP contribution in [0.25, 0.3) is 0 Å². The third-order valence-corrected chi connectivity index (χ3v) is 5.78. The van der Waals surface area contributed by atoms with E-state index in [0.717, 1.165) is 25.2 Å². The van der Waals surface area contributed by atoms with E-state index in [-0.39, 0.29) is 0 Å². The molecule has 1 aliphatic rings. The summed E-state index contributed by atoms with van der Waals surface area (Å²) < 4.78 is 2.54. The second kappa shape index (κ2) is 6.31. The maximum absolute atomic E-state index is 4.57. The highest BCUT2D eigenvalue weighted by atomic mass is 32.2. The first-order valence-electron chi connectivity index (χ1n) is 7.49. The number of aryl methyl sites for hydroxylation is 2. The molecule has 1 fully saturated rings. The SMILES string of the molecule is CCNC(Cc1cc(C)nn1CC)C1(C)CCCS1. The zero-order valence-electron chi connectivity index (χ0n) is 12.7. The minimum absolute atomic E-state index is 0.382. The van der Waals surface area contributed by atoms with Crippen LogP contribution in [0.3, 0.4) is 0 Å². The molecule has 2 heterocycles. The Morgan fingerprint density at radius 3 is 2.89 bits per heavy atom. The molecule has 2 rings (SSSR count). The summed E-state index contributed by atoms with van der Waals surface area (Å²) in [5.74, 6) is 1.31. The first-order valence-corrected chi connectivity index (χ1v) is 8.48. The van der Waals surface area contributed by atoms with Crippen molar-refractivity contribution >= 4 is 11.8 Å². The van der Waals surface area contributed by atoms with Gasteiger partial charge in [-0.1, -0.05) is 6.92 Å². The van der Waals surface area contributed by atoms with Gasteiger partial charge in [0.25, 0.3) is 0 Å². The minimum Gasteiger partial charge on any atom is -0.312 e. The second-order valence-electron chi connectivity index (χ2n) is 5.67. The zero-order chi connectivity index (χ0) is 13.9. The average molecular weight is 281 g/mol. The average Bonchev–Trinajstić information content (AvgIpc) is 2.96. The summed E-state index contributed by atoms with van der Waals surface area (Å²) in [6.45, 7) is 10.9. The molecule has 1 aliphatic heterocycles. The van der Waals surface area contributed by atoms with Crippen molar-refractivity contribution in [1.82, 2.24) is 15.1 Å². The monoisotopic (exact) mass is 281 g/mol. The van der Waals surface area contributed by atoms with Gasteiger partial charge in [-0.2, -0.15) is 16.9 Å². The van der Waals surface area contributed by atoms with Crippen molar-refractivity contribution in [2.24, 2.45) is 0 Å². The lowest BCUT2D eigenvalue weighted by molar-refractivity contribution is 0.396. The van der Waals surface area contributed by atoms with E-state index in [4.69, 9.17) is 0 Å². The van der Waals surface area contributed by atoms with Gasteiger partial charge in [-0.25, -0.2) is 0 Å². The number of aromatic nitrogens is 2. The molecule has 108 valence electrons. The van der Waals surface area contributed by atoms with Crippen LogP contribution in [-0.4, -0.2) is 32.9 Å². The standard InChI is InChI=1S/C15H27N3S/c1-5-16-14(15(4)8-7-9-19-15)11-13-10-12(3)17-18(13)6-2/h10,14,16H,5-9,11H2,1-4H3. The summed E-state index contributed by atoms with van der Waals surface area (Å²) in [7, 11) is 0. The van der Waals surface area contributed by atoms with Gasteiger partial charge in [0.2, 0.25) is 0 Å². The van der Waals surface area contributed by atoms with Crippen LogP contribution in [0.2, 0.25) is 0 Å². The van der Waals surface area contributed by atoms with Crippen molar-refractivity contribution in [3.8, 4) is 0 Å². The van der Waals surface area contributed by atoms with Gasteiger partial charge in [0, 0.05) is 29.4 Å². The Labute approximate surface area is 121 Å². The molecule has 0 saturated carbocycles. The molecule has 1 aromatic rings. The van der Waals surface area contributed by atoms with Gasteiger partial charge in [0.05, 0.1) is 5.69 Å². The molecule has 2 unspecified atom stereocenters. The van der Waals surface area contributed by atoms with Crippen LogP contribution in [0.5, 0.6) is 0 Å². The van der Waals surface area contributed by atoms with Gasteiger partial charge in [0.1, 0.15) is 0 Å². The summed E-state index contributed by atoms with van der Waals surface area (Å²) >= 11 is 2.14. The zero-order valence-corrected chi connectivity index (χ0v) is 13.5. The number of hydrogen-bond donors (Lipinski definition) is 1. The summed E-state index contributed by atoms with van der Waals surface area (Å²) in [5, 5.41) is 8.29. The third-order valence-electron chi connectivity index (χ3n) is 4.14. The highest BCUT2D eigenvalue weighted by molar-refractivity contribution is 8.00. The number of hydrogen-bond acceptors (Lipinski definition) is 3. The molecule has 1 N–H and O–H groups in total. The fraction of sp³-hybridized carbons (Fsp3) is 0.800. The first kappa shape index (κ1) is 14.9.